The monoisotopic (exact) mass is 426 g/mol. The predicted octanol–water partition coefficient (Wildman–Crippen LogP) is 3.33. The molecule has 30 heavy (non-hydrogen) atoms. The van der Waals surface area contributed by atoms with Crippen molar-refractivity contribution in [2.75, 3.05) is 0 Å². The van der Waals surface area contributed by atoms with Gasteiger partial charge >= 0.3 is 6.18 Å². The highest BCUT2D eigenvalue weighted by molar-refractivity contribution is 5.93. The molecule has 2 atom stereocenters. The molecule has 0 spiro atoms. The maximum atomic E-state index is 13.0. The zero-order valence-electron chi connectivity index (χ0n) is 17.5. The maximum Gasteiger partial charge on any atom is 0.425 e. The smallest absolute Gasteiger partial charge is 0.425 e. The number of carbonyl (C=O) groups is 1. The first-order valence-corrected chi connectivity index (χ1v) is 9.64. The molecule has 0 aliphatic heterocycles. The van der Waals surface area contributed by atoms with E-state index in [1.165, 1.54) is 16.9 Å². The number of rotatable bonds is 6. The number of nitrogens with one attached hydrogen (secondary N) is 1. The summed E-state index contributed by atoms with van der Waals surface area (Å²) < 4.78 is 45.6. The van der Waals surface area contributed by atoms with E-state index in [4.69, 9.17) is 4.74 Å². The van der Waals surface area contributed by atoms with Gasteiger partial charge in [-0.2, -0.15) is 13.2 Å². The summed E-state index contributed by atoms with van der Waals surface area (Å²) in [6.45, 7) is 6.68. The molecule has 2 aromatic rings. The molecule has 1 amide bonds. The number of nitrogens with zero attached hydrogens (tertiary/aromatic N) is 5. The van der Waals surface area contributed by atoms with Gasteiger partial charge in [-0.3, -0.25) is 9.78 Å². The summed E-state index contributed by atoms with van der Waals surface area (Å²) in [6.07, 6.45) is -3.37. The molecule has 0 bridgehead atoms. The Morgan fingerprint density at radius 3 is 2.47 bits per heavy atom. The van der Waals surface area contributed by atoms with Crippen LogP contribution in [0.2, 0.25) is 0 Å². The highest BCUT2D eigenvalue weighted by atomic mass is 19.4. The summed E-state index contributed by atoms with van der Waals surface area (Å²) in [6, 6.07) is 0.730. The van der Waals surface area contributed by atoms with E-state index in [0.717, 1.165) is 19.8 Å². The molecular formula is C19H25F3N6O2. The van der Waals surface area contributed by atoms with Gasteiger partial charge in [0.2, 0.25) is 0 Å². The third-order valence-corrected chi connectivity index (χ3v) is 4.96. The van der Waals surface area contributed by atoms with Crippen LogP contribution in [0.15, 0.2) is 12.3 Å². The molecule has 0 saturated heterocycles. The average molecular weight is 426 g/mol. The number of amides is 1. The average Bonchev–Trinajstić information content (AvgIpc) is 3.39. The van der Waals surface area contributed by atoms with Crippen molar-refractivity contribution in [2.45, 2.75) is 64.8 Å². The largest absolute Gasteiger partial charge is 0.481 e. The van der Waals surface area contributed by atoms with E-state index in [0.29, 0.717) is 11.4 Å². The Kier molecular flexibility index (Phi) is 5.74. The molecule has 1 aliphatic rings. The van der Waals surface area contributed by atoms with E-state index in [9.17, 15) is 18.0 Å². The van der Waals surface area contributed by atoms with E-state index in [1.54, 1.807) is 7.05 Å². The van der Waals surface area contributed by atoms with Gasteiger partial charge in [0.05, 0.1) is 6.04 Å². The Balaban J connectivity index is 1.88. The van der Waals surface area contributed by atoms with Crippen LogP contribution in [0, 0.1) is 5.41 Å². The van der Waals surface area contributed by atoms with Crippen molar-refractivity contribution in [3.05, 3.63) is 29.3 Å². The van der Waals surface area contributed by atoms with Crippen LogP contribution >= 0.6 is 0 Å². The second-order valence-electron chi connectivity index (χ2n) is 8.62. The van der Waals surface area contributed by atoms with Crippen LogP contribution in [0.3, 0.4) is 0 Å². The van der Waals surface area contributed by atoms with Crippen LogP contribution < -0.4 is 10.1 Å². The summed E-state index contributed by atoms with van der Waals surface area (Å²) in [4.78, 5) is 17.1. The van der Waals surface area contributed by atoms with Crippen LogP contribution in [0.4, 0.5) is 13.2 Å². The summed E-state index contributed by atoms with van der Waals surface area (Å²) in [5.74, 6) is 0.0459. The number of halogens is 3. The molecule has 0 aromatic carbocycles. The van der Waals surface area contributed by atoms with Crippen LogP contribution in [-0.4, -0.2) is 43.4 Å². The number of ether oxygens (including phenoxy) is 1. The maximum absolute atomic E-state index is 13.0. The van der Waals surface area contributed by atoms with E-state index in [-0.39, 0.29) is 17.4 Å². The highest BCUT2D eigenvalue weighted by Crippen LogP contribution is 2.45. The third-order valence-electron chi connectivity index (χ3n) is 4.96. The Morgan fingerprint density at radius 2 is 1.97 bits per heavy atom. The first-order valence-electron chi connectivity index (χ1n) is 9.64. The van der Waals surface area contributed by atoms with E-state index in [2.05, 4.69) is 25.8 Å². The number of aromatic nitrogens is 5. The van der Waals surface area contributed by atoms with Crippen LogP contribution in [-0.2, 0) is 7.05 Å². The molecule has 2 heterocycles. The lowest BCUT2D eigenvalue weighted by Gasteiger charge is -2.30. The standard InChI is InChI=1S/C19H25F3N6O2/c1-10(19(20,21)22)30-14-8-13(23-9-12(14)11-6-7-11)17(29)24-15(18(2,3)4)16-25-26-27-28(16)5/h8-11,15H,6-7H2,1-5H3,(H,24,29)/t10-,15?/m0/s1. The third kappa shape index (κ3) is 4.88. The molecule has 3 rings (SSSR count). The van der Waals surface area contributed by atoms with E-state index >= 15 is 0 Å². The topological polar surface area (TPSA) is 94.8 Å². The highest BCUT2D eigenvalue weighted by Gasteiger charge is 2.39. The van der Waals surface area contributed by atoms with Crippen molar-refractivity contribution in [3.8, 4) is 5.75 Å². The number of tetrazole rings is 1. The van der Waals surface area contributed by atoms with E-state index in [1.807, 2.05) is 20.8 Å². The van der Waals surface area contributed by atoms with Gasteiger partial charge in [0.1, 0.15) is 11.4 Å². The quantitative estimate of drug-likeness (QED) is 0.761. The fourth-order valence-electron chi connectivity index (χ4n) is 2.99. The fourth-order valence-corrected chi connectivity index (χ4v) is 2.99. The Morgan fingerprint density at radius 1 is 1.30 bits per heavy atom. The molecule has 164 valence electrons. The molecule has 0 radical (unpaired) electrons. The van der Waals surface area contributed by atoms with Crippen molar-refractivity contribution < 1.29 is 22.7 Å². The number of hydrogen-bond acceptors (Lipinski definition) is 6. The lowest BCUT2D eigenvalue weighted by molar-refractivity contribution is -0.189. The predicted molar refractivity (Wildman–Crippen MR) is 101 cm³/mol. The number of carbonyl (C=O) groups excluding carboxylic acids is 1. The van der Waals surface area contributed by atoms with Gasteiger partial charge in [-0.05, 0) is 41.5 Å². The van der Waals surface area contributed by atoms with Crippen LogP contribution in [0.1, 0.15) is 74.4 Å². The zero-order valence-corrected chi connectivity index (χ0v) is 17.5. The Bertz CT molecular complexity index is 918. The molecule has 2 aromatic heterocycles. The van der Waals surface area contributed by atoms with Gasteiger partial charge in [0, 0.05) is 24.9 Å². The molecule has 8 nitrogen and oxygen atoms in total. The summed E-state index contributed by atoms with van der Waals surface area (Å²) in [7, 11) is 1.66. The minimum absolute atomic E-state index is 0.0341. The lowest BCUT2D eigenvalue weighted by Crippen LogP contribution is -2.38. The second kappa shape index (κ2) is 7.84. The summed E-state index contributed by atoms with van der Waals surface area (Å²) in [5, 5.41) is 14.2. The number of aryl methyl sites for hydroxylation is 1. The van der Waals surface area contributed by atoms with Gasteiger partial charge in [0.15, 0.2) is 11.9 Å². The summed E-state index contributed by atoms with van der Waals surface area (Å²) in [5.41, 5.74) is 0.122. The van der Waals surface area contributed by atoms with Gasteiger partial charge in [-0.25, -0.2) is 4.68 Å². The molecule has 1 N–H and O–H groups in total. The lowest BCUT2D eigenvalue weighted by atomic mass is 9.86. The molecular weight excluding hydrogens is 401 g/mol. The van der Waals surface area contributed by atoms with Crippen molar-refractivity contribution in [3.63, 3.8) is 0 Å². The SMILES string of the molecule is C[C@H](Oc1cc(C(=O)NC(c2nnnn2C)C(C)(C)C)ncc1C1CC1)C(F)(F)F. The van der Waals surface area contributed by atoms with Crippen molar-refractivity contribution >= 4 is 5.91 Å². The fraction of sp³-hybridized carbons (Fsp3) is 0.632. The molecule has 1 fully saturated rings. The van der Waals surface area contributed by atoms with Crippen LogP contribution in [0.5, 0.6) is 5.75 Å². The molecule has 11 heteroatoms. The first-order chi connectivity index (χ1) is 13.9. The van der Waals surface area contributed by atoms with Gasteiger partial charge < -0.3 is 10.1 Å². The van der Waals surface area contributed by atoms with Gasteiger partial charge in [-0.15, -0.1) is 5.10 Å². The van der Waals surface area contributed by atoms with Crippen LogP contribution in [0.25, 0.3) is 0 Å². The Hall–Kier alpha value is -2.72. The minimum Gasteiger partial charge on any atom is -0.481 e. The molecule has 1 aliphatic carbocycles. The number of hydrogen-bond donors (Lipinski definition) is 1. The first kappa shape index (κ1) is 22.0. The molecule has 1 saturated carbocycles. The normalized spacial score (nSPS) is 16.8. The van der Waals surface area contributed by atoms with Crippen molar-refractivity contribution in [1.82, 2.24) is 30.5 Å². The Labute approximate surface area is 172 Å². The molecule has 1 unspecified atom stereocenters. The van der Waals surface area contributed by atoms with E-state index < -0.39 is 29.6 Å². The van der Waals surface area contributed by atoms with Crippen molar-refractivity contribution in [2.24, 2.45) is 12.5 Å². The van der Waals surface area contributed by atoms with Gasteiger partial charge in [0.25, 0.3) is 5.91 Å². The minimum atomic E-state index is -4.51. The summed E-state index contributed by atoms with van der Waals surface area (Å²) >= 11 is 0. The van der Waals surface area contributed by atoms with Gasteiger partial charge in [-0.1, -0.05) is 20.8 Å². The second-order valence-corrected chi connectivity index (χ2v) is 8.62. The van der Waals surface area contributed by atoms with Crippen molar-refractivity contribution in [1.29, 1.82) is 0 Å². The number of pyridine rings is 1. The zero-order chi connectivity index (χ0) is 22.3. The number of alkyl halides is 3.